The number of aliphatic hydroxyl groups excluding tert-OH is 1. The average Bonchev–Trinajstić information content (AvgIpc) is 3.81. The number of likely N-dealkylation sites (N-methyl/N-ethyl adjacent to an activating group) is 1. The molecule has 0 spiro atoms. The van der Waals surface area contributed by atoms with Gasteiger partial charge >= 0.3 is 24.0 Å². The Bertz CT molecular complexity index is 2540. The van der Waals surface area contributed by atoms with E-state index in [1.54, 1.807) is 69.9 Å². The number of rotatable bonds is 13. The van der Waals surface area contributed by atoms with Gasteiger partial charge in [0.15, 0.2) is 25.8 Å². The topological polar surface area (TPSA) is 210 Å². The Morgan fingerprint density at radius 3 is 2.03 bits per heavy atom. The van der Waals surface area contributed by atoms with Crippen molar-refractivity contribution in [2.45, 2.75) is 199 Å². The Labute approximate surface area is 455 Å². The molecule has 13 atom stereocenters. The Balaban J connectivity index is 1.34. The number of hydrogen-bond donors (Lipinski definition) is 3. The number of esters is 3. The summed E-state index contributed by atoms with van der Waals surface area (Å²) in [4.78, 5) is 62.7. The van der Waals surface area contributed by atoms with E-state index in [1.165, 1.54) is 6.92 Å². The van der Waals surface area contributed by atoms with Crippen molar-refractivity contribution in [1.82, 2.24) is 15.1 Å². The third kappa shape index (κ3) is 11.0. The van der Waals surface area contributed by atoms with Gasteiger partial charge in [0.05, 0.1) is 29.7 Å². The first-order valence-electron chi connectivity index (χ1n) is 27.2. The van der Waals surface area contributed by atoms with Crippen molar-refractivity contribution in [3.05, 3.63) is 82.9 Å². The first kappa shape index (κ1) is 58.9. The van der Waals surface area contributed by atoms with Crippen molar-refractivity contribution in [3.8, 4) is 0 Å². The lowest BCUT2D eigenvalue weighted by Gasteiger charge is -2.69. The summed E-state index contributed by atoms with van der Waals surface area (Å²) in [5, 5.41) is 28.8. The molecule has 426 valence electrons. The summed E-state index contributed by atoms with van der Waals surface area (Å²) in [6.07, 6.45) is -10.7. The molecule has 3 aliphatic carbocycles. The molecule has 3 aliphatic heterocycles. The van der Waals surface area contributed by atoms with E-state index in [1.807, 2.05) is 78.2 Å². The highest BCUT2D eigenvalue weighted by Gasteiger charge is 2.80. The Hall–Kier alpha value is -4.28. The Kier molecular flexibility index (Phi) is 16.0. The van der Waals surface area contributed by atoms with E-state index in [9.17, 15) is 24.6 Å². The van der Waals surface area contributed by atoms with Crippen molar-refractivity contribution in [2.75, 3.05) is 39.8 Å². The first-order valence-corrected chi connectivity index (χ1v) is 30.1. The lowest BCUT2D eigenvalue weighted by Crippen LogP contribution is -2.82. The van der Waals surface area contributed by atoms with E-state index >= 15 is 4.79 Å². The number of amides is 1. The van der Waals surface area contributed by atoms with Crippen LogP contribution in [0, 0.1) is 16.7 Å². The molecule has 1 amide bonds. The van der Waals surface area contributed by atoms with Crippen molar-refractivity contribution in [1.29, 1.82) is 0 Å². The second kappa shape index (κ2) is 21.0. The fourth-order valence-electron chi connectivity index (χ4n) is 12.7. The molecule has 8 rings (SSSR count). The van der Waals surface area contributed by atoms with Gasteiger partial charge in [0, 0.05) is 56.8 Å². The number of carbonyl (C=O) groups excluding carboxylic acids is 4. The van der Waals surface area contributed by atoms with E-state index in [0.29, 0.717) is 42.9 Å². The molecule has 3 N–H and O–H groups in total. The summed E-state index contributed by atoms with van der Waals surface area (Å²) in [5.41, 5.74) is -5.59. The van der Waals surface area contributed by atoms with Crippen LogP contribution in [0.3, 0.4) is 0 Å². The minimum Gasteiger partial charge on any atom is -0.456 e. The van der Waals surface area contributed by atoms with E-state index in [0.717, 1.165) is 0 Å². The number of piperazine rings is 1. The monoisotopic (exact) mass is 1090 g/mol. The summed E-state index contributed by atoms with van der Waals surface area (Å²) in [6.45, 7) is 29.8. The maximum atomic E-state index is 15.7. The van der Waals surface area contributed by atoms with Gasteiger partial charge < -0.3 is 62.3 Å². The molecule has 3 saturated heterocycles. The number of hydrogen-bond acceptors (Lipinski definition) is 17. The largest absolute Gasteiger partial charge is 0.456 e. The van der Waals surface area contributed by atoms with Gasteiger partial charge in [-0.1, -0.05) is 90.1 Å². The number of benzene rings is 2. The molecule has 18 nitrogen and oxygen atoms in total. The number of carbonyl (C=O) groups is 4. The van der Waals surface area contributed by atoms with E-state index in [2.05, 4.69) is 31.0 Å². The lowest BCUT2D eigenvalue weighted by molar-refractivity contribution is -0.362. The third-order valence-corrected chi connectivity index (χ3v) is 22.3. The molecule has 6 aliphatic rings. The van der Waals surface area contributed by atoms with Gasteiger partial charge in [-0.15, -0.1) is 0 Å². The maximum Gasteiger partial charge on any atom is 0.410 e. The van der Waals surface area contributed by atoms with Crippen LogP contribution in [-0.4, -0.2) is 164 Å². The van der Waals surface area contributed by atoms with Crippen LogP contribution < -0.4 is 5.32 Å². The summed E-state index contributed by atoms with van der Waals surface area (Å²) >= 11 is 0. The van der Waals surface area contributed by atoms with Crippen molar-refractivity contribution < 1.29 is 71.7 Å². The Morgan fingerprint density at radius 1 is 0.857 bits per heavy atom. The standard InChI is InChI=1S/C58H85N3O15Si/c1-34-38(69-49(64)44(76-77(15,16)53(6,7)8)42(36-23-19-17-20-24-36)59-50(65)75-52(3,4)5)32-58(67)47(71-48(63)37-25-21-18-22-26-37)45-56(13,46-43(41(34)54(58,9)10)73-55(11,12)74-46)39(31-40-57(45,33-68-40)72-35(2)62)70-51(66)61-29-27-60(14)28-30-61/h17-26,38-40,42-47,50,59,65,67H,27-33H2,1-16H3/t38-,39-,40+,42-,43+,44+,45-,46+,47-,50+,56+,57-,58+/m0/s1. The number of fused-ring (bicyclic) bond motifs is 8. The lowest BCUT2D eigenvalue weighted by atomic mass is 9.44. The van der Waals surface area contributed by atoms with Gasteiger partial charge in [-0.2, -0.15) is 0 Å². The van der Waals surface area contributed by atoms with E-state index in [-0.39, 0.29) is 25.0 Å². The molecule has 2 bridgehead atoms. The summed E-state index contributed by atoms with van der Waals surface area (Å²) in [7, 11) is -0.891. The fourth-order valence-corrected chi connectivity index (χ4v) is 13.9. The van der Waals surface area contributed by atoms with Crippen LogP contribution in [0.4, 0.5) is 4.79 Å². The highest BCUT2D eigenvalue weighted by atomic mass is 28.4. The summed E-state index contributed by atoms with van der Waals surface area (Å²) in [6, 6.07) is 16.5. The third-order valence-electron chi connectivity index (χ3n) is 17.9. The van der Waals surface area contributed by atoms with Crippen molar-refractivity contribution >= 4 is 32.3 Å². The predicted octanol–water partition coefficient (Wildman–Crippen LogP) is 7.43. The molecular weight excluding hydrogens is 1010 g/mol. The molecule has 2 saturated carbocycles. The molecule has 2 aromatic rings. The quantitative estimate of drug-likeness (QED) is 0.0586. The predicted molar refractivity (Wildman–Crippen MR) is 286 cm³/mol. The van der Waals surface area contributed by atoms with E-state index in [4.69, 9.17) is 42.3 Å². The molecule has 19 heteroatoms. The van der Waals surface area contributed by atoms with Gasteiger partial charge in [0.2, 0.25) is 6.41 Å². The first-order chi connectivity index (χ1) is 35.7. The van der Waals surface area contributed by atoms with Gasteiger partial charge in [-0.05, 0) is 95.6 Å². The number of nitrogens with one attached hydrogen (secondary N) is 1. The van der Waals surface area contributed by atoms with Crippen molar-refractivity contribution in [2.24, 2.45) is 16.7 Å². The number of ether oxygens (including phenoxy) is 8. The zero-order valence-corrected chi connectivity index (χ0v) is 49.1. The summed E-state index contributed by atoms with van der Waals surface area (Å²) < 4.78 is 60.7. The van der Waals surface area contributed by atoms with Crippen LogP contribution in [0.25, 0.3) is 0 Å². The van der Waals surface area contributed by atoms with Gasteiger partial charge in [0.25, 0.3) is 0 Å². The summed E-state index contributed by atoms with van der Waals surface area (Å²) in [5.74, 6) is -4.78. The minimum atomic E-state index is -2.88. The second-order valence-electron chi connectivity index (χ2n) is 26.0. The normalized spacial score (nSPS) is 33.1. The Morgan fingerprint density at radius 2 is 1.47 bits per heavy atom. The highest BCUT2D eigenvalue weighted by Crippen LogP contribution is 2.68. The van der Waals surface area contributed by atoms with E-state index < -0.39 is 132 Å². The van der Waals surface area contributed by atoms with Crippen LogP contribution in [0.2, 0.25) is 18.1 Å². The maximum absolute atomic E-state index is 15.7. The number of aliphatic hydroxyl groups is 2. The molecule has 77 heavy (non-hydrogen) atoms. The van der Waals surface area contributed by atoms with Gasteiger partial charge in [-0.25, -0.2) is 14.4 Å². The van der Waals surface area contributed by atoms with Gasteiger partial charge in [-0.3, -0.25) is 10.1 Å². The zero-order valence-electron chi connectivity index (χ0n) is 48.1. The molecule has 3 heterocycles. The van der Waals surface area contributed by atoms with Crippen LogP contribution >= 0.6 is 0 Å². The molecule has 0 unspecified atom stereocenters. The van der Waals surface area contributed by atoms with Crippen molar-refractivity contribution in [3.63, 3.8) is 0 Å². The number of nitrogens with zero attached hydrogens (tertiary/aromatic N) is 2. The van der Waals surface area contributed by atoms with Gasteiger partial charge in [0.1, 0.15) is 42.2 Å². The molecule has 2 aromatic carbocycles. The minimum absolute atomic E-state index is 0.0634. The molecular formula is C58H85N3O15Si. The molecule has 0 aromatic heterocycles. The van der Waals surface area contributed by atoms with Crippen LogP contribution in [0.5, 0.6) is 0 Å². The van der Waals surface area contributed by atoms with Crippen LogP contribution in [0.1, 0.15) is 125 Å². The van der Waals surface area contributed by atoms with Crippen LogP contribution in [-0.2, 0) is 51.9 Å². The van der Waals surface area contributed by atoms with Crippen LogP contribution in [0.15, 0.2) is 71.8 Å². The molecule has 5 fully saturated rings. The molecule has 0 radical (unpaired) electrons. The zero-order chi connectivity index (χ0) is 56.6. The second-order valence-corrected chi connectivity index (χ2v) is 30.7. The SMILES string of the molecule is CC(=O)O[C@@]12CO[C@@H]1C[C@H](OC(=O)N1CCN(C)CC1)[C@@]1(C)[C@@H]3OC(C)(C)O[C@@H]3C3=C(C)[C@@H](OC(=O)[C@H](O[Si](C)(C)C(C)(C)C)[C@@H](N[C@H](O)OC(C)(C)C)c4ccccc4)C[C@@](O)([C@@H](OC(=O)c4ccccc4)[C@H]21)C3(C)C. The highest BCUT2D eigenvalue weighted by molar-refractivity contribution is 6.74. The fraction of sp³-hybridized carbons (Fsp3) is 0.690. The average molecular weight is 1090 g/mol. The smallest absolute Gasteiger partial charge is 0.410 e.